The second kappa shape index (κ2) is 11.4. The smallest absolute Gasteiger partial charge is 0.416 e. The maximum absolute atomic E-state index is 13.3. The molecule has 0 radical (unpaired) electrons. The summed E-state index contributed by atoms with van der Waals surface area (Å²) in [5.41, 5.74) is -0.276. The van der Waals surface area contributed by atoms with E-state index in [4.69, 9.17) is 4.42 Å². The van der Waals surface area contributed by atoms with E-state index < -0.39 is 39.8 Å². The SMILES string of the molecule is Cc1nnc(CNS(=O)(=O)N2CCC[C@H](C(=O)N3CCC[C@@H]3C(=O)NCc3ccc(C(F)(F)F)cc3)C2)o1. The van der Waals surface area contributed by atoms with Crippen LogP contribution >= 0.6 is 0 Å². The minimum Gasteiger partial charge on any atom is -0.424 e. The van der Waals surface area contributed by atoms with Gasteiger partial charge < -0.3 is 14.6 Å². The van der Waals surface area contributed by atoms with E-state index in [0.29, 0.717) is 43.7 Å². The summed E-state index contributed by atoms with van der Waals surface area (Å²) in [6.45, 7) is 2.04. The zero-order valence-corrected chi connectivity index (χ0v) is 21.5. The van der Waals surface area contributed by atoms with Gasteiger partial charge in [-0.2, -0.15) is 30.6 Å². The Hall–Kier alpha value is -3.04. The molecular formula is C23H29F3N6O5S. The van der Waals surface area contributed by atoms with E-state index in [-0.39, 0.29) is 38.0 Å². The van der Waals surface area contributed by atoms with Crippen molar-refractivity contribution < 1.29 is 35.6 Å². The van der Waals surface area contributed by atoms with Crippen molar-refractivity contribution in [3.05, 3.63) is 47.2 Å². The number of nitrogens with zero attached hydrogens (tertiary/aromatic N) is 4. The van der Waals surface area contributed by atoms with Crippen molar-refractivity contribution in [1.82, 2.24) is 29.4 Å². The number of halogens is 3. The Bertz CT molecular complexity index is 1250. The molecule has 11 nitrogen and oxygen atoms in total. The van der Waals surface area contributed by atoms with E-state index in [1.165, 1.54) is 21.3 Å². The van der Waals surface area contributed by atoms with Crippen LogP contribution in [0, 0.1) is 12.8 Å². The van der Waals surface area contributed by atoms with Crippen molar-refractivity contribution >= 4 is 22.0 Å². The van der Waals surface area contributed by atoms with Gasteiger partial charge in [0.1, 0.15) is 6.04 Å². The third kappa shape index (κ3) is 6.69. The number of carbonyl (C=O) groups excluding carboxylic acids is 2. The third-order valence-corrected chi connectivity index (χ3v) is 8.15. The Balaban J connectivity index is 1.32. The molecule has 1 aromatic heterocycles. The highest BCUT2D eigenvalue weighted by Crippen LogP contribution is 2.29. The number of amides is 2. The largest absolute Gasteiger partial charge is 0.424 e. The molecule has 0 unspecified atom stereocenters. The van der Waals surface area contributed by atoms with E-state index in [1.807, 2.05) is 0 Å². The summed E-state index contributed by atoms with van der Waals surface area (Å²) in [6, 6.07) is 3.78. The monoisotopic (exact) mass is 558 g/mol. The Morgan fingerprint density at radius 1 is 1.08 bits per heavy atom. The van der Waals surface area contributed by atoms with Gasteiger partial charge >= 0.3 is 6.18 Å². The molecule has 2 N–H and O–H groups in total. The van der Waals surface area contributed by atoms with E-state index in [0.717, 1.165) is 12.1 Å². The van der Waals surface area contributed by atoms with Crippen LogP contribution < -0.4 is 10.0 Å². The van der Waals surface area contributed by atoms with Gasteiger partial charge in [0.25, 0.3) is 10.2 Å². The lowest BCUT2D eigenvalue weighted by Gasteiger charge is -2.34. The van der Waals surface area contributed by atoms with Crippen molar-refractivity contribution in [2.75, 3.05) is 19.6 Å². The number of rotatable bonds is 8. The van der Waals surface area contributed by atoms with Crippen LogP contribution in [-0.2, 0) is 39.1 Å². The molecule has 2 atom stereocenters. The minimum absolute atomic E-state index is 0.0204. The Morgan fingerprint density at radius 2 is 1.79 bits per heavy atom. The van der Waals surface area contributed by atoms with Gasteiger partial charge in [0.2, 0.25) is 23.6 Å². The van der Waals surface area contributed by atoms with Crippen LogP contribution in [0.5, 0.6) is 0 Å². The maximum atomic E-state index is 13.3. The third-order valence-electron chi connectivity index (χ3n) is 6.63. The summed E-state index contributed by atoms with van der Waals surface area (Å²) in [5, 5.41) is 10.1. The number of hydrogen-bond acceptors (Lipinski definition) is 7. The molecule has 0 aliphatic carbocycles. The molecular weight excluding hydrogens is 529 g/mol. The molecule has 38 heavy (non-hydrogen) atoms. The summed E-state index contributed by atoms with van der Waals surface area (Å²) >= 11 is 0. The topological polar surface area (TPSA) is 138 Å². The first kappa shape index (κ1) is 28.0. The van der Waals surface area contributed by atoms with Gasteiger partial charge in [0, 0.05) is 33.1 Å². The second-order valence-electron chi connectivity index (χ2n) is 9.34. The Morgan fingerprint density at radius 3 is 2.45 bits per heavy atom. The highest BCUT2D eigenvalue weighted by molar-refractivity contribution is 7.87. The first-order chi connectivity index (χ1) is 17.9. The molecule has 2 amide bonds. The number of nitrogens with one attached hydrogen (secondary N) is 2. The molecule has 0 bridgehead atoms. The standard InChI is InChI=1S/C23H29F3N6O5S/c1-15-29-30-20(37-15)13-28-38(35,36)31-10-2-4-17(14-31)22(34)32-11-3-5-19(32)21(33)27-12-16-6-8-18(9-7-16)23(24,25)26/h6-9,17,19,28H,2-5,10-14H2,1H3,(H,27,33)/t17-,19+/m0/s1. The van der Waals surface area contributed by atoms with E-state index in [9.17, 15) is 31.2 Å². The molecule has 2 aliphatic heterocycles. The van der Waals surface area contributed by atoms with Gasteiger partial charge in [0.15, 0.2) is 0 Å². The minimum atomic E-state index is -4.44. The van der Waals surface area contributed by atoms with E-state index in [1.54, 1.807) is 6.92 Å². The summed E-state index contributed by atoms with van der Waals surface area (Å²) in [5.74, 6) is -0.851. The van der Waals surface area contributed by atoms with Crippen LogP contribution in [0.4, 0.5) is 13.2 Å². The lowest BCUT2D eigenvalue weighted by atomic mass is 9.97. The van der Waals surface area contributed by atoms with Gasteiger partial charge in [-0.25, -0.2) is 0 Å². The predicted molar refractivity (Wildman–Crippen MR) is 127 cm³/mol. The van der Waals surface area contributed by atoms with Crippen molar-refractivity contribution in [2.45, 2.75) is 57.9 Å². The maximum Gasteiger partial charge on any atom is 0.416 e. The zero-order valence-electron chi connectivity index (χ0n) is 20.7. The van der Waals surface area contributed by atoms with E-state index >= 15 is 0 Å². The summed E-state index contributed by atoms with van der Waals surface area (Å²) in [7, 11) is -3.91. The quantitative estimate of drug-likeness (QED) is 0.504. The number of piperidine rings is 1. The van der Waals surface area contributed by atoms with Crippen molar-refractivity contribution in [2.24, 2.45) is 5.92 Å². The van der Waals surface area contributed by atoms with Gasteiger partial charge in [0.05, 0.1) is 18.0 Å². The number of aromatic nitrogens is 2. The highest BCUT2D eigenvalue weighted by atomic mass is 32.2. The van der Waals surface area contributed by atoms with Gasteiger partial charge in [-0.3, -0.25) is 9.59 Å². The summed E-state index contributed by atoms with van der Waals surface area (Å²) in [6.07, 6.45) is -2.40. The van der Waals surface area contributed by atoms with E-state index in [2.05, 4.69) is 20.2 Å². The number of likely N-dealkylation sites (tertiary alicyclic amines) is 1. The van der Waals surface area contributed by atoms with Crippen molar-refractivity contribution in [3.63, 3.8) is 0 Å². The van der Waals surface area contributed by atoms with Crippen molar-refractivity contribution in [3.8, 4) is 0 Å². The average molecular weight is 559 g/mol. The first-order valence-electron chi connectivity index (χ1n) is 12.2. The molecule has 15 heteroatoms. The van der Waals surface area contributed by atoms with Gasteiger partial charge in [-0.1, -0.05) is 12.1 Å². The molecule has 0 spiro atoms. The molecule has 4 rings (SSSR count). The van der Waals surface area contributed by atoms with Crippen LogP contribution in [-0.4, -0.2) is 65.3 Å². The van der Waals surface area contributed by atoms with Gasteiger partial charge in [-0.05, 0) is 43.4 Å². The van der Waals surface area contributed by atoms with Gasteiger partial charge in [-0.15, -0.1) is 10.2 Å². The van der Waals surface area contributed by atoms with Crippen LogP contribution in [0.1, 0.15) is 48.6 Å². The molecule has 2 saturated heterocycles. The number of carbonyl (C=O) groups is 2. The molecule has 208 valence electrons. The molecule has 2 fully saturated rings. The van der Waals surface area contributed by atoms with Crippen LogP contribution in [0.3, 0.4) is 0 Å². The number of benzene rings is 1. The fourth-order valence-corrected chi connectivity index (χ4v) is 5.91. The Kier molecular flexibility index (Phi) is 8.37. The molecule has 2 aromatic rings. The lowest BCUT2D eigenvalue weighted by Crippen LogP contribution is -2.52. The van der Waals surface area contributed by atoms with Crippen LogP contribution in [0.25, 0.3) is 0 Å². The number of aryl methyl sites for hydroxylation is 1. The highest BCUT2D eigenvalue weighted by Gasteiger charge is 2.40. The second-order valence-corrected chi connectivity index (χ2v) is 11.1. The predicted octanol–water partition coefficient (Wildman–Crippen LogP) is 1.75. The Labute approximate surface area is 217 Å². The molecule has 1 aromatic carbocycles. The summed E-state index contributed by atoms with van der Waals surface area (Å²) < 4.78 is 72.7. The summed E-state index contributed by atoms with van der Waals surface area (Å²) in [4.78, 5) is 27.7. The van der Waals surface area contributed by atoms with Crippen molar-refractivity contribution in [1.29, 1.82) is 0 Å². The van der Waals surface area contributed by atoms with Crippen LogP contribution in [0.15, 0.2) is 28.7 Å². The fourth-order valence-electron chi connectivity index (χ4n) is 4.67. The fraction of sp³-hybridized carbons (Fsp3) is 0.565. The number of hydrogen-bond donors (Lipinski definition) is 2. The zero-order chi connectivity index (χ0) is 27.5. The molecule has 2 aliphatic rings. The normalized spacial score (nSPS) is 21.0. The molecule has 3 heterocycles. The lowest BCUT2D eigenvalue weighted by molar-refractivity contribution is -0.142. The van der Waals surface area contributed by atoms with Crippen LogP contribution in [0.2, 0.25) is 0 Å². The number of alkyl halides is 3. The first-order valence-corrected chi connectivity index (χ1v) is 13.7. The molecule has 0 saturated carbocycles. The average Bonchev–Trinajstić information content (AvgIpc) is 3.55.